The second-order valence-corrected chi connectivity index (χ2v) is 5.53. The van der Waals surface area contributed by atoms with Crippen LogP contribution >= 0.6 is 0 Å². The third kappa shape index (κ3) is 3.22. The monoisotopic (exact) mass is 328 g/mol. The third-order valence-corrected chi connectivity index (χ3v) is 3.71. The molecule has 1 aliphatic heterocycles. The summed E-state index contributed by atoms with van der Waals surface area (Å²) >= 11 is 0. The Morgan fingerprint density at radius 1 is 1.29 bits per heavy atom. The zero-order valence-electron chi connectivity index (χ0n) is 13.2. The first-order chi connectivity index (χ1) is 11.6. The quantitative estimate of drug-likeness (QED) is 0.903. The molecule has 1 heterocycles. The number of ketones is 1. The van der Waals surface area contributed by atoms with Gasteiger partial charge in [0.15, 0.2) is 17.3 Å². The van der Waals surface area contributed by atoms with Crippen molar-refractivity contribution >= 4 is 23.1 Å². The summed E-state index contributed by atoms with van der Waals surface area (Å²) in [5, 5.41) is 5.49. The standard InChI is InChI=1S/C18H17FN2O3/c1-11(22)21-17-13(19)9-14(16-15(23)7-8-24-18(16)17)20-10-12-5-3-2-4-6-12/h2-6,9,20H,7-8,10H2,1H3,(H,21,22). The summed E-state index contributed by atoms with van der Waals surface area (Å²) in [7, 11) is 0. The summed E-state index contributed by atoms with van der Waals surface area (Å²) in [6, 6.07) is 10.8. The van der Waals surface area contributed by atoms with Gasteiger partial charge in [-0.05, 0) is 5.56 Å². The molecule has 0 saturated carbocycles. The Morgan fingerprint density at radius 3 is 2.75 bits per heavy atom. The van der Waals surface area contributed by atoms with Crippen molar-refractivity contribution in [3.63, 3.8) is 0 Å². The van der Waals surface area contributed by atoms with E-state index >= 15 is 0 Å². The number of hydrogen-bond donors (Lipinski definition) is 2. The molecule has 3 rings (SSSR count). The smallest absolute Gasteiger partial charge is 0.221 e. The van der Waals surface area contributed by atoms with Gasteiger partial charge in [0.05, 0.1) is 17.9 Å². The first-order valence-electron chi connectivity index (χ1n) is 7.64. The first kappa shape index (κ1) is 16.0. The Kier molecular flexibility index (Phi) is 4.46. The van der Waals surface area contributed by atoms with E-state index in [-0.39, 0.29) is 35.8 Å². The van der Waals surface area contributed by atoms with Crippen molar-refractivity contribution in [1.82, 2.24) is 0 Å². The molecule has 5 nitrogen and oxygen atoms in total. The van der Waals surface area contributed by atoms with Crippen LogP contribution in [-0.4, -0.2) is 18.3 Å². The molecule has 24 heavy (non-hydrogen) atoms. The highest BCUT2D eigenvalue weighted by atomic mass is 19.1. The maximum atomic E-state index is 14.4. The molecule has 1 amide bonds. The Balaban J connectivity index is 1.98. The van der Waals surface area contributed by atoms with Gasteiger partial charge >= 0.3 is 0 Å². The minimum Gasteiger partial charge on any atom is -0.490 e. The Hall–Kier alpha value is -2.89. The average molecular weight is 328 g/mol. The fraction of sp³-hybridized carbons (Fsp3) is 0.222. The third-order valence-electron chi connectivity index (χ3n) is 3.71. The van der Waals surface area contributed by atoms with E-state index in [0.29, 0.717) is 12.2 Å². The number of hydrogen-bond acceptors (Lipinski definition) is 4. The highest BCUT2D eigenvalue weighted by Crippen LogP contribution is 2.40. The molecule has 6 heteroatoms. The number of amides is 1. The molecular weight excluding hydrogens is 311 g/mol. The largest absolute Gasteiger partial charge is 0.490 e. The van der Waals surface area contributed by atoms with E-state index in [1.54, 1.807) is 0 Å². The van der Waals surface area contributed by atoms with E-state index in [0.717, 1.165) is 5.56 Å². The first-order valence-corrected chi connectivity index (χ1v) is 7.64. The molecule has 0 fully saturated rings. The fourth-order valence-electron chi connectivity index (χ4n) is 2.64. The molecule has 0 atom stereocenters. The Bertz CT molecular complexity index is 791. The van der Waals surface area contributed by atoms with Crippen LogP contribution in [0.4, 0.5) is 15.8 Å². The van der Waals surface area contributed by atoms with Gasteiger partial charge in [-0.25, -0.2) is 4.39 Å². The normalized spacial score (nSPS) is 13.0. The molecule has 2 aromatic carbocycles. The van der Waals surface area contributed by atoms with Gasteiger partial charge in [-0.1, -0.05) is 30.3 Å². The van der Waals surface area contributed by atoms with E-state index in [1.807, 2.05) is 30.3 Å². The lowest BCUT2D eigenvalue weighted by molar-refractivity contribution is -0.114. The minimum absolute atomic E-state index is 0.0872. The second-order valence-electron chi connectivity index (χ2n) is 5.53. The van der Waals surface area contributed by atoms with Gasteiger partial charge in [0.2, 0.25) is 5.91 Å². The van der Waals surface area contributed by atoms with Crippen molar-refractivity contribution in [2.75, 3.05) is 17.2 Å². The molecular formula is C18H17FN2O3. The number of Topliss-reactive ketones (excluding diaryl/α,β-unsaturated/α-hetero) is 1. The second kappa shape index (κ2) is 6.70. The summed E-state index contributed by atoms with van der Waals surface area (Å²) in [4.78, 5) is 23.6. The average Bonchev–Trinajstić information content (AvgIpc) is 2.56. The van der Waals surface area contributed by atoms with Crippen LogP contribution in [0.3, 0.4) is 0 Å². The number of anilines is 2. The molecule has 0 radical (unpaired) electrons. The Morgan fingerprint density at radius 2 is 2.04 bits per heavy atom. The van der Waals surface area contributed by atoms with Crippen molar-refractivity contribution in [2.24, 2.45) is 0 Å². The molecule has 124 valence electrons. The lowest BCUT2D eigenvalue weighted by Crippen LogP contribution is -2.21. The molecule has 0 aromatic heterocycles. The predicted octanol–water partition coefficient (Wildman–Crippen LogP) is 3.36. The Labute approximate surface area is 138 Å². The van der Waals surface area contributed by atoms with Crippen LogP contribution in [0.25, 0.3) is 0 Å². The SMILES string of the molecule is CC(=O)Nc1c(F)cc(NCc2ccccc2)c2c1OCCC2=O. The molecule has 0 bridgehead atoms. The van der Waals surface area contributed by atoms with Crippen LogP contribution in [0.15, 0.2) is 36.4 Å². The van der Waals surface area contributed by atoms with E-state index < -0.39 is 11.7 Å². The molecule has 0 saturated heterocycles. The van der Waals surface area contributed by atoms with Gasteiger partial charge in [0, 0.05) is 26.0 Å². The van der Waals surface area contributed by atoms with Gasteiger partial charge in [-0.3, -0.25) is 9.59 Å². The molecule has 2 N–H and O–H groups in total. The van der Waals surface area contributed by atoms with Crippen LogP contribution in [0.1, 0.15) is 29.3 Å². The number of rotatable bonds is 4. The fourth-order valence-corrected chi connectivity index (χ4v) is 2.64. The summed E-state index contributed by atoms with van der Waals surface area (Å²) in [5.41, 5.74) is 1.56. The van der Waals surface area contributed by atoms with Crippen molar-refractivity contribution in [1.29, 1.82) is 0 Å². The lowest BCUT2D eigenvalue weighted by atomic mass is 10.0. The van der Waals surface area contributed by atoms with Crippen molar-refractivity contribution in [3.05, 3.63) is 53.3 Å². The van der Waals surface area contributed by atoms with Gasteiger partial charge in [-0.15, -0.1) is 0 Å². The zero-order chi connectivity index (χ0) is 17.1. The van der Waals surface area contributed by atoms with Crippen molar-refractivity contribution in [2.45, 2.75) is 19.9 Å². The van der Waals surface area contributed by atoms with Gasteiger partial charge in [-0.2, -0.15) is 0 Å². The van der Waals surface area contributed by atoms with Crippen LogP contribution in [-0.2, 0) is 11.3 Å². The summed E-state index contributed by atoms with van der Waals surface area (Å²) < 4.78 is 19.9. The number of carbonyl (C=O) groups excluding carboxylic acids is 2. The predicted molar refractivity (Wildman–Crippen MR) is 88.9 cm³/mol. The van der Waals surface area contributed by atoms with Gasteiger partial charge in [0.1, 0.15) is 5.69 Å². The molecule has 0 aliphatic carbocycles. The number of fused-ring (bicyclic) bond motifs is 1. The molecule has 0 unspecified atom stereocenters. The maximum absolute atomic E-state index is 14.4. The maximum Gasteiger partial charge on any atom is 0.221 e. The van der Waals surface area contributed by atoms with Crippen molar-refractivity contribution < 1.29 is 18.7 Å². The highest BCUT2D eigenvalue weighted by molar-refractivity contribution is 6.07. The number of benzene rings is 2. The van der Waals surface area contributed by atoms with Crippen LogP contribution in [0, 0.1) is 5.82 Å². The van der Waals surface area contributed by atoms with E-state index in [4.69, 9.17) is 4.74 Å². The van der Waals surface area contributed by atoms with E-state index in [9.17, 15) is 14.0 Å². The minimum atomic E-state index is -0.644. The summed E-state index contributed by atoms with van der Waals surface area (Å²) in [5.74, 6) is -1.12. The van der Waals surface area contributed by atoms with E-state index in [1.165, 1.54) is 13.0 Å². The topological polar surface area (TPSA) is 67.4 Å². The van der Waals surface area contributed by atoms with Crippen LogP contribution in [0.5, 0.6) is 5.75 Å². The number of carbonyl (C=O) groups is 2. The van der Waals surface area contributed by atoms with Crippen molar-refractivity contribution in [3.8, 4) is 5.75 Å². The zero-order valence-corrected chi connectivity index (χ0v) is 13.2. The van der Waals surface area contributed by atoms with E-state index in [2.05, 4.69) is 10.6 Å². The number of halogens is 1. The summed E-state index contributed by atoms with van der Waals surface area (Å²) in [6.45, 7) is 1.89. The number of ether oxygens (including phenoxy) is 1. The van der Waals surface area contributed by atoms with Crippen LogP contribution in [0.2, 0.25) is 0 Å². The highest BCUT2D eigenvalue weighted by Gasteiger charge is 2.28. The molecule has 2 aromatic rings. The number of nitrogens with one attached hydrogen (secondary N) is 2. The summed E-state index contributed by atoms with van der Waals surface area (Å²) in [6.07, 6.45) is 0.220. The van der Waals surface area contributed by atoms with Crippen LogP contribution < -0.4 is 15.4 Å². The molecule has 0 spiro atoms. The lowest BCUT2D eigenvalue weighted by Gasteiger charge is -2.23. The van der Waals surface area contributed by atoms with Gasteiger partial charge < -0.3 is 15.4 Å². The van der Waals surface area contributed by atoms with Gasteiger partial charge in [0.25, 0.3) is 0 Å². The molecule has 1 aliphatic rings.